The first-order valence-electron chi connectivity index (χ1n) is 11.6. The molecule has 3 aromatic rings. The molecule has 0 spiro atoms. The van der Waals surface area contributed by atoms with E-state index in [1.54, 1.807) is 44.6 Å². The van der Waals surface area contributed by atoms with E-state index in [9.17, 15) is 14.7 Å². The van der Waals surface area contributed by atoms with Crippen LogP contribution in [0.2, 0.25) is 0 Å². The summed E-state index contributed by atoms with van der Waals surface area (Å²) in [4.78, 5) is 27.2. The number of methoxy groups -OCH3 is 2. The van der Waals surface area contributed by atoms with Crippen molar-refractivity contribution in [1.82, 2.24) is 0 Å². The average molecular weight is 484 g/mol. The van der Waals surface area contributed by atoms with Crippen LogP contribution in [0, 0.1) is 0 Å². The van der Waals surface area contributed by atoms with Gasteiger partial charge in [0.2, 0.25) is 0 Å². The van der Waals surface area contributed by atoms with Crippen LogP contribution in [0.3, 0.4) is 0 Å². The van der Waals surface area contributed by atoms with Gasteiger partial charge >= 0.3 is 5.97 Å². The van der Waals surface area contributed by atoms with E-state index in [-0.39, 0.29) is 11.3 Å². The number of fused-ring (bicyclic) bond motifs is 1. The van der Waals surface area contributed by atoms with E-state index in [2.05, 4.69) is 10.0 Å². The minimum Gasteiger partial charge on any atom is -0.497 e. The molecule has 0 unspecified atom stereocenters. The molecule has 0 aromatic heterocycles. The number of para-hydroxylation sites is 1. The van der Waals surface area contributed by atoms with E-state index in [0.717, 1.165) is 46.9 Å². The summed E-state index contributed by atoms with van der Waals surface area (Å²) in [5.41, 5.74) is 4.16. The number of carbonyl (C=O) groups is 2. The molecule has 0 atom stereocenters. The van der Waals surface area contributed by atoms with Crippen molar-refractivity contribution in [3.8, 4) is 11.5 Å². The van der Waals surface area contributed by atoms with Gasteiger partial charge in [-0.05, 0) is 54.3 Å². The lowest BCUT2D eigenvalue weighted by Gasteiger charge is -2.32. The highest BCUT2D eigenvalue weighted by Crippen LogP contribution is 2.38. The van der Waals surface area contributed by atoms with E-state index in [4.69, 9.17) is 9.47 Å². The quantitative estimate of drug-likeness (QED) is 0.513. The second-order valence-corrected chi connectivity index (χ2v) is 8.48. The number of benzene rings is 3. The summed E-state index contributed by atoms with van der Waals surface area (Å²) in [6.07, 6.45) is 3.41. The number of ether oxygens (including phenoxy) is 2. The molecule has 1 N–H and O–H groups in total. The number of hydrazone groups is 1. The number of carbonyl (C=O) groups excluding carboxylic acids is 1. The molecule has 0 aliphatic carbocycles. The smallest absolute Gasteiger partial charge is 0.357 e. The third-order valence-electron chi connectivity index (χ3n) is 6.26. The van der Waals surface area contributed by atoms with Crippen LogP contribution in [0.1, 0.15) is 17.5 Å². The molecule has 1 amide bonds. The van der Waals surface area contributed by atoms with Crippen molar-refractivity contribution in [1.29, 1.82) is 0 Å². The highest BCUT2D eigenvalue weighted by molar-refractivity contribution is 6.53. The van der Waals surface area contributed by atoms with E-state index >= 15 is 0 Å². The third-order valence-corrected chi connectivity index (χ3v) is 6.26. The van der Waals surface area contributed by atoms with Crippen molar-refractivity contribution in [2.75, 3.05) is 30.7 Å². The molecule has 2 aliphatic rings. The van der Waals surface area contributed by atoms with Gasteiger partial charge in [0.25, 0.3) is 5.91 Å². The summed E-state index contributed by atoms with van der Waals surface area (Å²) in [5.74, 6) is -0.298. The summed E-state index contributed by atoms with van der Waals surface area (Å²) in [6, 6.07) is 20.5. The number of rotatable bonds is 6. The van der Waals surface area contributed by atoms with Gasteiger partial charge in [0.05, 0.1) is 25.5 Å². The average Bonchev–Trinajstić information content (AvgIpc) is 3.24. The van der Waals surface area contributed by atoms with Gasteiger partial charge in [-0.25, -0.2) is 4.79 Å². The second-order valence-electron chi connectivity index (χ2n) is 8.48. The van der Waals surface area contributed by atoms with Gasteiger partial charge in [-0.3, -0.25) is 4.79 Å². The monoisotopic (exact) mass is 483 g/mol. The van der Waals surface area contributed by atoms with Crippen LogP contribution in [0.5, 0.6) is 11.5 Å². The largest absolute Gasteiger partial charge is 0.497 e. The van der Waals surface area contributed by atoms with E-state index < -0.39 is 11.9 Å². The van der Waals surface area contributed by atoms with Gasteiger partial charge in [-0.2, -0.15) is 10.1 Å². The SMILES string of the molecule is COc1cc(OC)cc(N2CCCc3cc(/C=C4\C(=O)N(c5ccccc5)N=C4C(=O)O)ccc32)c1. The first-order chi connectivity index (χ1) is 17.5. The standard InChI is InChI=1S/C28H25N3O5/c1-35-22-15-21(16-23(17-22)36-2)30-12-6-7-19-13-18(10-11-25(19)30)14-24-26(28(33)34)29-31(27(24)32)20-8-4-3-5-9-20/h3-5,8-11,13-17H,6-7,12H2,1-2H3,(H,33,34)/b24-14-. The zero-order valence-electron chi connectivity index (χ0n) is 20.0. The minimum absolute atomic E-state index is 0.0523. The first-order valence-corrected chi connectivity index (χ1v) is 11.6. The molecule has 0 fully saturated rings. The summed E-state index contributed by atoms with van der Waals surface area (Å²) in [5, 5.41) is 14.9. The summed E-state index contributed by atoms with van der Waals surface area (Å²) in [6.45, 7) is 0.837. The number of amides is 1. The Hall–Kier alpha value is -4.59. The topological polar surface area (TPSA) is 91.7 Å². The predicted octanol–water partition coefficient (Wildman–Crippen LogP) is 4.66. The van der Waals surface area contributed by atoms with Crippen molar-refractivity contribution < 1.29 is 24.2 Å². The molecule has 2 heterocycles. The number of carboxylic acid groups (broad SMARTS) is 1. The Morgan fingerprint density at radius 2 is 1.69 bits per heavy atom. The van der Waals surface area contributed by atoms with E-state index in [1.807, 2.05) is 42.5 Å². The molecule has 182 valence electrons. The lowest BCUT2D eigenvalue weighted by Crippen LogP contribution is -2.24. The van der Waals surface area contributed by atoms with Gasteiger partial charge < -0.3 is 19.5 Å². The van der Waals surface area contributed by atoms with Crippen LogP contribution in [0.25, 0.3) is 6.08 Å². The Balaban J connectivity index is 1.50. The maximum atomic E-state index is 13.1. The Morgan fingerprint density at radius 1 is 0.972 bits per heavy atom. The lowest BCUT2D eigenvalue weighted by molar-refractivity contribution is -0.129. The predicted molar refractivity (Wildman–Crippen MR) is 138 cm³/mol. The molecule has 0 radical (unpaired) electrons. The van der Waals surface area contributed by atoms with E-state index in [1.165, 1.54) is 0 Å². The summed E-state index contributed by atoms with van der Waals surface area (Å²) < 4.78 is 10.9. The lowest BCUT2D eigenvalue weighted by atomic mass is 9.97. The first kappa shape index (κ1) is 23.2. The maximum Gasteiger partial charge on any atom is 0.357 e. The Labute approximate surface area is 208 Å². The zero-order valence-corrected chi connectivity index (χ0v) is 20.0. The molecule has 8 nitrogen and oxygen atoms in total. The number of nitrogens with zero attached hydrogens (tertiary/aromatic N) is 3. The fourth-order valence-corrected chi connectivity index (χ4v) is 4.54. The third kappa shape index (κ3) is 4.29. The molecule has 0 saturated heterocycles. The molecular weight excluding hydrogens is 458 g/mol. The van der Waals surface area contributed by atoms with Crippen LogP contribution < -0.4 is 19.4 Å². The molecule has 3 aromatic carbocycles. The summed E-state index contributed by atoms with van der Waals surface area (Å²) in [7, 11) is 3.25. The van der Waals surface area contributed by atoms with Crippen LogP contribution >= 0.6 is 0 Å². The van der Waals surface area contributed by atoms with Gasteiger partial charge in [0, 0.05) is 36.1 Å². The molecule has 8 heteroatoms. The number of aryl methyl sites for hydroxylation is 1. The van der Waals surface area contributed by atoms with Gasteiger partial charge in [-0.1, -0.05) is 24.3 Å². The fourth-order valence-electron chi connectivity index (χ4n) is 4.54. The Bertz CT molecular complexity index is 1380. The molecular formula is C28H25N3O5. The molecule has 0 saturated carbocycles. The normalized spacial score (nSPS) is 16.1. The van der Waals surface area contributed by atoms with Crippen LogP contribution in [0.15, 0.2) is 77.4 Å². The van der Waals surface area contributed by atoms with Crippen molar-refractivity contribution >= 4 is 40.7 Å². The number of aliphatic carboxylic acids is 1. The summed E-state index contributed by atoms with van der Waals surface area (Å²) >= 11 is 0. The van der Waals surface area contributed by atoms with Crippen LogP contribution in [-0.4, -0.2) is 43.5 Å². The van der Waals surface area contributed by atoms with Crippen molar-refractivity contribution in [3.05, 3.63) is 83.4 Å². The van der Waals surface area contributed by atoms with Crippen molar-refractivity contribution in [2.45, 2.75) is 12.8 Å². The Kier molecular flexibility index (Phi) is 6.16. The highest BCUT2D eigenvalue weighted by Gasteiger charge is 2.35. The van der Waals surface area contributed by atoms with Gasteiger partial charge in [0.15, 0.2) is 5.71 Å². The van der Waals surface area contributed by atoms with Crippen molar-refractivity contribution in [3.63, 3.8) is 0 Å². The molecule has 2 aliphatic heterocycles. The maximum absolute atomic E-state index is 13.1. The van der Waals surface area contributed by atoms with Crippen LogP contribution in [0.4, 0.5) is 17.1 Å². The number of anilines is 3. The minimum atomic E-state index is -1.25. The second kappa shape index (κ2) is 9.58. The number of carboxylic acids is 1. The van der Waals surface area contributed by atoms with Gasteiger partial charge in [0.1, 0.15) is 11.5 Å². The Morgan fingerprint density at radius 3 is 2.36 bits per heavy atom. The molecule has 0 bridgehead atoms. The fraction of sp³-hybridized carbons (Fsp3) is 0.179. The zero-order chi connectivity index (χ0) is 25.2. The highest BCUT2D eigenvalue weighted by atomic mass is 16.5. The van der Waals surface area contributed by atoms with Crippen molar-refractivity contribution in [2.24, 2.45) is 5.10 Å². The van der Waals surface area contributed by atoms with Gasteiger partial charge in [-0.15, -0.1) is 0 Å². The molecule has 5 rings (SSSR count). The number of hydrogen-bond donors (Lipinski definition) is 1. The number of hydrogen-bond acceptors (Lipinski definition) is 6. The molecule has 36 heavy (non-hydrogen) atoms. The van der Waals surface area contributed by atoms with E-state index in [0.29, 0.717) is 17.2 Å². The van der Waals surface area contributed by atoms with Crippen LogP contribution in [-0.2, 0) is 16.0 Å².